The molecule has 0 aliphatic heterocycles. The first kappa shape index (κ1) is 17.2. The Balaban J connectivity index is 2.53. The Morgan fingerprint density at radius 3 is 2.55 bits per heavy atom. The Labute approximate surface area is 123 Å². The number of ether oxygens (including phenoxy) is 1. The summed E-state index contributed by atoms with van der Waals surface area (Å²) >= 11 is 0. The first-order valence-corrected chi connectivity index (χ1v) is 7.71. The molecule has 0 aliphatic carbocycles. The molecule has 1 N–H and O–H groups in total. The Bertz CT molecular complexity index is 405. The Morgan fingerprint density at radius 2 is 1.95 bits per heavy atom. The SMILES string of the molecule is CCOCCCn1nc(C)c(CCNC(C)(C)C)c1C. The highest BCUT2D eigenvalue weighted by Crippen LogP contribution is 2.14. The van der Waals surface area contributed by atoms with E-state index in [2.05, 4.69) is 49.7 Å². The van der Waals surface area contributed by atoms with Crippen molar-refractivity contribution in [1.82, 2.24) is 15.1 Å². The molecule has 0 radical (unpaired) electrons. The lowest BCUT2D eigenvalue weighted by Crippen LogP contribution is -2.37. The van der Waals surface area contributed by atoms with Gasteiger partial charge in [0, 0.05) is 31.0 Å². The Morgan fingerprint density at radius 1 is 1.25 bits per heavy atom. The van der Waals surface area contributed by atoms with Crippen LogP contribution in [0.15, 0.2) is 0 Å². The van der Waals surface area contributed by atoms with Crippen LogP contribution in [0.5, 0.6) is 0 Å². The van der Waals surface area contributed by atoms with Gasteiger partial charge in [-0.2, -0.15) is 5.10 Å². The zero-order chi connectivity index (χ0) is 15.2. The maximum absolute atomic E-state index is 5.38. The molecule has 0 unspecified atom stereocenters. The number of aromatic nitrogens is 2. The predicted octanol–water partition coefficient (Wildman–Crippen LogP) is 2.86. The summed E-state index contributed by atoms with van der Waals surface area (Å²) in [5.41, 5.74) is 4.03. The zero-order valence-corrected chi connectivity index (χ0v) is 14.0. The lowest BCUT2D eigenvalue weighted by atomic mass is 10.1. The summed E-state index contributed by atoms with van der Waals surface area (Å²) < 4.78 is 7.51. The molecular formula is C16H31N3O. The molecule has 4 heteroatoms. The fourth-order valence-electron chi connectivity index (χ4n) is 2.34. The average Bonchev–Trinajstić information content (AvgIpc) is 2.61. The number of nitrogens with zero attached hydrogens (tertiary/aromatic N) is 2. The van der Waals surface area contributed by atoms with E-state index in [-0.39, 0.29) is 5.54 Å². The quantitative estimate of drug-likeness (QED) is 0.745. The van der Waals surface area contributed by atoms with E-state index in [4.69, 9.17) is 4.74 Å². The molecule has 0 aliphatic rings. The van der Waals surface area contributed by atoms with Crippen molar-refractivity contribution in [2.45, 2.75) is 66.5 Å². The average molecular weight is 281 g/mol. The fraction of sp³-hybridized carbons (Fsp3) is 0.812. The molecule has 0 amide bonds. The van der Waals surface area contributed by atoms with Gasteiger partial charge in [0.1, 0.15) is 0 Å². The van der Waals surface area contributed by atoms with Crippen molar-refractivity contribution in [3.05, 3.63) is 17.0 Å². The molecule has 116 valence electrons. The van der Waals surface area contributed by atoms with Gasteiger partial charge in [0.05, 0.1) is 5.69 Å². The van der Waals surface area contributed by atoms with Gasteiger partial charge in [0.15, 0.2) is 0 Å². The summed E-state index contributed by atoms with van der Waals surface area (Å²) in [5.74, 6) is 0. The van der Waals surface area contributed by atoms with E-state index < -0.39 is 0 Å². The highest BCUT2D eigenvalue weighted by Gasteiger charge is 2.13. The normalized spacial score (nSPS) is 12.1. The zero-order valence-electron chi connectivity index (χ0n) is 14.0. The molecule has 0 saturated heterocycles. The highest BCUT2D eigenvalue weighted by molar-refractivity contribution is 5.24. The van der Waals surface area contributed by atoms with Crippen LogP contribution in [0.1, 0.15) is 51.1 Å². The number of nitrogens with one attached hydrogen (secondary N) is 1. The summed E-state index contributed by atoms with van der Waals surface area (Å²) in [5, 5.41) is 8.19. The molecule has 1 aromatic heterocycles. The van der Waals surface area contributed by atoms with Gasteiger partial charge in [-0.25, -0.2) is 0 Å². The topological polar surface area (TPSA) is 39.1 Å². The molecule has 20 heavy (non-hydrogen) atoms. The van der Waals surface area contributed by atoms with Gasteiger partial charge >= 0.3 is 0 Å². The number of aryl methyl sites for hydroxylation is 2. The molecule has 1 rings (SSSR count). The molecule has 0 aromatic carbocycles. The van der Waals surface area contributed by atoms with Crippen molar-refractivity contribution >= 4 is 0 Å². The third kappa shape index (κ3) is 5.63. The van der Waals surface area contributed by atoms with Crippen LogP contribution in [-0.2, 0) is 17.7 Å². The molecule has 0 atom stereocenters. The maximum atomic E-state index is 5.38. The monoisotopic (exact) mass is 281 g/mol. The van der Waals surface area contributed by atoms with Crippen LogP contribution in [0, 0.1) is 13.8 Å². The maximum Gasteiger partial charge on any atom is 0.0628 e. The van der Waals surface area contributed by atoms with E-state index in [9.17, 15) is 0 Å². The largest absolute Gasteiger partial charge is 0.382 e. The molecule has 0 fully saturated rings. The van der Waals surface area contributed by atoms with Gasteiger partial charge in [-0.15, -0.1) is 0 Å². The molecule has 0 saturated carbocycles. The second-order valence-corrected chi connectivity index (χ2v) is 6.35. The van der Waals surface area contributed by atoms with Gasteiger partial charge in [-0.05, 0) is 66.5 Å². The highest BCUT2D eigenvalue weighted by atomic mass is 16.5. The molecular weight excluding hydrogens is 250 g/mol. The van der Waals surface area contributed by atoms with Crippen LogP contribution in [0.3, 0.4) is 0 Å². The van der Waals surface area contributed by atoms with E-state index in [0.29, 0.717) is 0 Å². The second kappa shape index (κ2) is 7.79. The Kier molecular flexibility index (Phi) is 6.69. The number of hydrogen-bond acceptors (Lipinski definition) is 3. The summed E-state index contributed by atoms with van der Waals surface area (Å²) in [6, 6.07) is 0. The van der Waals surface area contributed by atoms with E-state index >= 15 is 0 Å². The van der Waals surface area contributed by atoms with Gasteiger partial charge in [0.2, 0.25) is 0 Å². The summed E-state index contributed by atoms with van der Waals surface area (Å²) in [6.45, 7) is 16.5. The molecule has 4 nitrogen and oxygen atoms in total. The van der Waals surface area contributed by atoms with E-state index in [0.717, 1.165) is 44.8 Å². The van der Waals surface area contributed by atoms with Crippen LogP contribution in [0.2, 0.25) is 0 Å². The Hall–Kier alpha value is -0.870. The van der Waals surface area contributed by atoms with Crippen molar-refractivity contribution in [3.8, 4) is 0 Å². The standard InChI is InChI=1S/C16H31N3O/c1-7-20-12-8-11-19-14(3)15(13(2)18-19)9-10-17-16(4,5)6/h17H,7-12H2,1-6H3. The van der Waals surface area contributed by atoms with Crippen LogP contribution in [0.25, 0.3) is 0 Å². The van der Waals surface area contributed by atoms with Gasteiger partial charge < -0.3 is 10.1 Å². The second-order valence-electron chi connectivity index (χ2n) is 6.35. The molecule has 0 spiro atoms. The smallest absolute Gasteiger partial charge is 0.0628 e. The van der Waals surface area contributed by atoms with E-state index in [1.807, 2.05) is 6.92 Å². The first-order valence-electron chi connectivity index (χ1n) is 7.71. The minimum Gasteiger partial charge on any atom is -0.382 e. The lowest BCUT2D eigenvalue weighted by molar-refractivity contribution is 0.140. The number of hydrogen-bond donors (Lipinski definition) is 1. The van der Waals surface area contributed by atoms with E-state index in [1.54, 1.807) is 0 Å². The van der Waals surface area contributed by atoms with Crippen LogP contribution < -0.4 is 5.32 Å². The van der Waals surface area contributed by atoms with Crippen molar-refractivity contribution in [2.75, 3.05) is 19.8 Å². The minimum atomic E-state index is 0.176. The van der Waals surface area contributed by atoms with Crippen LogP contribution >= 0.6 is 0 Å². The molecule has 0 bridgehead atoms. The third-order valence-electron chi connectivity index (χ3n) is 3.42. The van der Waals surface area contributed by atoms with Crippen molar-refractivity contribution in [3.63, 3.8) is 0 Å². The van der Waals surface area contributed by atoms with Gasteiger partial charge in [-0.1, -0.05) is 0 Å². The van der Waals surface area contributed by atoms with Gasteiger partial charge in [0.25, 0.3) is 0 Å². The fourth-order valence-corrected chi connectivity index (χ4v) is 2.34. The summed E-state index contributed by atoms with van der Waals surface area (Å²) in [4.78, 5) is 0. The van der Waals surface area contributed by atoms with Crippen molar-refractivity contribution in [2.24, 2.45) is 0 Å². The molecule has 1 heterocycles. The van der Waals surface area contributed by atoms with Crippen LogP contribution in [-0.4, -0.2) is 35.1 Å². The first-order chi connectivity index (χ1) is 9.35. The third-order valence-corrected chi connectivity index (χ3v) is 3.42. The van der Waals surface area contributed by atoms with E-state index in [1.165, 1.54) is 11.3 Å². The predicted molar refractivity (Wildman–Crippen MR) is 84.3 cm³/mol. The van der Waals surface area contributed by atoms with Gasteiger partial charge in [-0.3, -0.25) is 4.68 Å². The minimum absolute atomic E-state index is 0.176. The number of rotatable bonds is 8. The lowest BCUT2D eigenvalue weighted by Gasteiger charge is -2.20. The molecule has 1 aromatic rings. The van der Waals surface area contributed by atoms with Crippen molar-refractivity contribution < 1.29 is 4.74 Å². The van der Waals surface area contributed by atoms with Crippen LogP contribution in [0.4, 0.5) is 0 Å². The summed E-state index contributed by atoms with van der Waals surface area (Å²) in [6.07, 6.45) is 2.07. The van der Waals surface area contributed by atoms with Crippen molar-refractivity contribution in [1.29, 1.82) is 0 Å². The summed E-state index contributed by atoms with van der Waals surface area (Å²) in [7, 11) is 0.